The number of nitrogens with zero attached hydrogens (tertiary/aromatic N) is 1. The summed E-state index contributed by atoms with van der Waals surface area (Å²) in [5.74, 6) is 0.412. The quantitative estimate of drug-likeness (QED) is 0.622. The molecule has 72 valence electrons. The summed E-state index contributed by atoms with van der Waals surface area (Å²) in [5.41, 5.74) is 1.03. The average molecular weight is 301 g/mol. The molecule has 0 radical (unpaired) electrons. The first-order valence-corrected chi connectivity index (χ1v) is 4.96. The fourth-order valence-corrected chi connectivity index (χ4v) is 1.78. The van der Waals surface area contributed by atoms with Crippen LogP contribution < -0.4 is 4.74 Å². The Morgan fingerprint density at radius 2 is 2.21 bits per heavy atom. The molecular weight excluding hydrogens is 293 g/mol. The number of ketones is 1. The van der Waals surface area contributed by atoms with E-state index in [2.05, 4.69) is 0 Å². The molecule has 14 heavy (non-hydrogen) atoms. The molecule has 0 bridgehead atoms. The molecule has 1 aromatic carbocycles. The summed E-state index contributed by atoms with van der Waals surface area (Å²) in [6.45, 7) is 1.48. The Hall–Kier alpha value is -1.09. The van der Waals surface area contributed by atoms with Crippen LogP contribution in [0.1, 0.15) is 22.8 Å². The van der Waals surface area contributed by atoms with Gasteiger partial charge in [0.05, 0.1) is 7.11 Å². The monoisotopic (exact) mass is 301 g/mol. The van der Waals surface area contributed by atoms with Crippen molar-refractivity contribution in [2.45, 2.75) is 6.92 Å². The van der Waals surface area contributed by atoms with E-state index < -0.39 is 0 Å². The van der Waals surface area contributed by atoms with Crippen molar-refractivity contribution in [2.75, 3.05) is 7.11 Å². The predicted molar refractivity (Wildman–Crippen MR) is 60.4 cm³/mol. The standard InChI is InChI=1S/C10H8INO2/c1-6(13)7-3-9(11)8(5-12)10(4-7)14-2/h3-4H,1-2H3. The Morgan fingerprint density at radius 3 is 2.64 bits per heavy atom. The van der Waals surface area contributed by atoms with Gasteiger partial charge in [-0.3, -0.25) is 4.79 Å². The van der Waals surface area contributed by atoms with Crippen molar-refractivity contribution in [1.29, 1.82) is 5.26 Å². The molecule has 0 aliphatic rings. The lowest BCUT2D eigenvalue weighted by molar-refractivity contribution is 0.101. The third-order valence-corrected chi connectivity index (χ3v) is 2.64. The highest BCUT2D eigenvalue weighted by atomic mass is 127. The summed E-state index contributed by atoms with van der Waals surface area (Å²) in [7, 11) is 1.48. The van der Waals surface area contributed by atoms with Gasteiger partial charge >= 0.3 is 0 Å². The molecule has 1 rings (SSSR count). The highest BCUT2D eigenvalue weighted by Crippen LogP contribution is 2.25. The second kappa shape index (κ2) is 4.42. The Labute approximate surface area is 95.8 Å². The number of carbonyl (C=O) groups is 1. The summed E-state index contributed by atoms with van der Waals surface area (Å²) in [6.07, 6.45) is 0. The van der Waals surface area contributed by atoms with E-state index in [1.165, 1.54) is 14.0 Å². The van der Waals surface area contributed by atoms with Crippen LogP contribution in [-0.2, 0) is 0 Å². The van der Waals surface area contributed by atoms with Gasteiger partial charge in [-0.2, -0.15) is 5.26 Å². The Morgan fingerprint density at radius 1 is 1.57 bits per heavy atom. The second-order valence-electron chi connectivity index (χ2n) is 2.70. The topological polar surface area (TPSA) is 50.1 Å². The zero-order valence-corrected chi connectivity index (χ0v) is 9.95. The van der Waals surface area contributed by atoms with Crippen LogP contribution >= 0.6 is 22.6 Å². The van der Waals surface area contributed by atoms with Gasteiger partial charge in [0.1, 0.15) is 17.4 Å². The van der Waals surface area contributed by atoms with E-state index in [9.17, 15) is 4.79 Å². The molecular formula is C10H8INO2. The predicted octanol–water partition coefficient (Wildman–Crippen LogP) is 2.37. The third kappa shape index (κ3) is 2.04. The van der Waals surface area contributed by atoms with Gasteiger partial charge in [0.2, 0.25) is 0 Å². The maximum absolute atomic E-state index is 11.1. The molecule has 1 aromatic rings. The van der Waals surface area contributed by atoms with E-state index >= 15 is 0 Å². The summed E-state index contributed by atoms with van der Waals surface area (Å²) in [6, 6.07) is 5.31. The van der Waals surface area contributed by atoms with E-state index in [4.69, 9.17) is 10.00 Å². The van der Waals surface area contributed by atoms with Crippen molar-refractivity contribution in [1.82, 2.24) is 0 Å². The molecule has 4 heteroatoms. The van der Waals surface area contributed by atoms with Crippen LogP contribution in [0.3, 0.4) is 0 Å². The summed E-state index contributed by atoms with van der Waals surface area (Å²) >= 11 is 2.01. The number of halogens is 1. The minimum atomic E-state index is -0.0364. The van der Waals surface area contributed by atoms with E-state index in [1.807, 2.05) is 28.7 Å². The highest BCUT2D eigenvalue weighted by molar-refractivity contribution is 14.1. The largest absolute Gasteiger partial charge is 0.495 e. The lowest BCUT2D eigenvalue weighted by Gasteiger charge is -2.06. The van der Waals surface area contributed by atoms with Crippen LogP contribution in [-0.4, -0.2) is 12.9 Å². The molecule has 0 fully saturated rings. The maximum Gasteiger partial charge on any atom is 0.159 e. The third-order valence-electron chi connectivity index (χ3n) is 1.79. The molecule has 0 saturated carbocycles. The van der Waals surface area contributed by atoms with Crippen molar-refractivity contribution in [2.24, 2.45) is 0 Å². The summed E-state index contributed by atoms with van der Waals surface area (Å²) in [5, 5.41) is 8.84. The van der Waals surface area contributed by atoms with Crippen molar-refractivity contribution >= 4 is 28.4 Å². The number of hydrogen-bond acceptors (Lipinski definition) is 3. The zero-order chi connectivity index (χ0) is 10.7. The van der Waals surface area contributed by atoms with Crippen molar-refractivity contribution in [3.8, 4) is 11.8 Å². The summed E-state index contributed by atoms with van der Waals surface area (Å²) < 4.78 is 5.76. The van der Waals surface area contributed by atoms with Gasteiger partial charge < -0.3 is 4.74 Å². The van der Waals surface area contributed by atoms with Crippen LogP contribution in [0.5, 0.6) is 5.75 Å². The lowest BCUT2D eigenvalue weighted by atomic mass is 10.1. The van der Waals surface area contributed by atoms with Crippen molar-refractivity contribution < 1.29 is 9.53 Å². The molecule has 0 N–H and O–H groups in total. The number of ether oxygens (including phenoxy) is 1. The highest BCUT2D eigenvalue weighted by Gasteiger charge is 2.11. The van der Waals surface area contributed by atoms with Crippen molar-refractivity contribution in [3.05, 3.63) is 26.8 Å². The first-order chi connectivity index (χ1) is 6.60. The van der Waals surface area contributed by atoms with E-state index in [1.54, 1.807) is 12.1 Å². The number of nitriles is 1. The molecule has 0 aliphatic heterocycles. The SMILES string of the molecule is COc1cc(C(C)=O)cc(I)c1C#N. The smallest absolute Gasteiger partial charge is 0.159 e. The number of hydrogen-bond donors (Lipinski definition) is 0. The van der Waals surface area contributed by atoms with Gasteiger partial charge in [0, 0.05) is 9.13 Å². The fraction of sp³-hybridized carbons (Fsp3) is 0.200. The van der Waals surface area contributed by atoms with Gasteiger partial charge in [0.15, 0.2) is 5.78 Å². The second-order valence-corrected chi connectivity index (χ2v) is 3.87. The first-order valence-electron chi connectivity index (χ1n) is 3.88. The van der Waals surface area contributed by atoms with Crippen molar-refractivity contribution in [3.63, 3.8) is 0 Å². The molecule has 0 unspecified atom stereocenters. The molecule has 0 aliphatic carbocycles. The van der Waals surface area contributed by atoms with Gasteiger partial charge in [-0.25, -0.2) is 0 Å². The molecule has 3 nitrogen and oxygen atoms in total. The first kappa shape index (κ1) is 11.0. The summed E-state index contributed by atoms with van der Waals surface area (Å²) in [4.78, 5) is 11.1. The maximum atomic E-state index is 11.1. The molecule has 0 aromatic heterocycles. The van der Waals surface area contributed by atoms with E-state index in [-0.39, 0.29) is 5.78 Å². The van der Waals surface area contributed by atoms with Crippen LogP contribution in [0.4, 0.5) is 0 Å². The Balaban J connectivity index is 3.40. The van der Waals surface area contributed by atoms with E-state index in [0.717, 1.165) is 3.57 Å². The van der Waals surface area contributed by atoms with Crippen LogP contribution in [0.15, 0.2) is 12.1 Å². The van der Waals surface area contributed by atoms with E-state index in [0.29, 0.717) is 16.9 Å². The van der Waals surface area contributed by atoms with Crippen LogP contribution in [0.2, 0.25) is 0 Å². The van der Waals surface area contributed by atoms with Crippen LogP contribution in [0, 0.1) is 14.9 Å². The molecule has 0 spiro atoms. The molecule has 0 heterocycles. The van der Waals surface area contributed by atoms with Gasteiger partial charge in [0.25, 0.3) is 0 Å². The van der Waals surface area contributed by atoms with Crippen LogP contribution in [0.25, 0.3) is 0 Å². The number of methoxy groups -OCH3 is 1. The average Bonchev–Trinajstić information content (AvgIpc) is 2.16. The molecule has 0 atom stereocenters. The number of Topliss-reactive ketones (excluding diaryl/α,β-unsaturated/α-hetero) is 1. The van der Waals surface area contributed by atoms with Gasteiger partial charge in [-0.05, 0) is 41.6 Å². The normalized spacial score (nSPS) is 9.29. The Bertz CT molecular complexity index is 421. The number of rotatable bonds is 2. The molecule has 0 amide bonds. The zero-order valence-electron chi connectivity index (χ0n) is 7.80. The minimum Gasteiger partial charge on any atom is -0.495 e. The molecule has 0 saturated heterocycles. The number of benzene rings is 1. The van der Waals surface area contributed by atoms with Gasteiger partial charge in [-0.15, -0.1) is 0 Å². The number of carbonyl (C=O) groups excluding carboxylic acids is 1. The lowest BCUT2D eigenvalue weighted by Crippen LogP contribution is -1.98. The van der Waals surface area contributed by atoms with Gasteiger partial charge in [-0.1, -0.05) is 0 Å². The minimum absolute atomic E-state index is 0.0364. The fourth-order valence-electron chi connectivity index (χ4n) is 1.05. The Kier molecular flexibility index (Phi) is 3.47.